The highest BCUT2D eigenvalue weighted by molar-refractivity contribution is 7.54. The lowest BCUT2D eigenvalue weighted by Crippen LogP contribution is -2.20. The molecule has 0 N–H and O–H groups in total. The first-order valence-corrected chi connectivity index (χ1v) is 7.59. The number of ketones is 1. The third kappa shape index (κ3) is 6.92. The van der Waals surface area contributed by atoms with Crippen molar-refractivity contribution >= 4 is 13.4 Å². The van der Waals surface area contributed by atoms with E-state index in [0.29, 0.717) is 6.42 Å². The predicted molar refractivity (Wildman–Crippen MR) is 65.2 cm³/mol. The average molecular weight is 268 g/mol. The summed E-state index contributed by atoms with van der Waals surface area (Å²) in [6.45, 7) is 2.06. The minimum atomic E-state index is -3.43. The van der Waals surface area contributed by atoms with E-state index in [0.717, 1.165) is 19.3 Å². The fraction of sp³-hybridized carbons (Fsp3) is 0.909. The zero-order valence-electron chi connectivity index (χ0n) is 10.8. The Balaban J connectivity index is 4.01. The Hall–Kier alpha value is -0.250. The van der Waals surface area contributed by atoms with E-state index in [1.807, 2.05) is 0 Å². The lowest BCUT2D eigenvalue weighted by molar-refractivity contribution is -0.121. The molecule has 0 fully saturated rings. The van der Waals surface area contributed by atoms with Crippen LogP contribution in [0.2, 0.25) is 0 Å². The molecule has 0 amide bonds. The highest BCUT2D eigenvalue weighted by Gasteiger charge is 2.29. The smallest absolute Gasteiger partial charge is 0.312 e. The number of alkyl halides is 1. The molecule has 102 valence electrons. The normalized spacial score (nSPS) is 13.6. The number of carbonyl (C=O) groups is 1. The van der Waals surface area contributed by atoms with Crippen LogP contribution in [0.25, 0.3) is 0 Å². The average Bonchev–Trinajstić information content (AvgIpc) is 2.34. The molecule has 1 atom stereocenters. The number of Topliss-reactive ketones (excluding diaryl/α,β-unsaturated/α-hetero) is 1. The van der Waals surface area contributed by atoms with E-state index >= 15 is 0 Å². The van der Waals surface area contributed by atoms with E-state index in [9.17, 15) is 13.8 Å². The summed E-state index contributed by atoms with van der Waals surface area (Å²) in [5.74, 6) is -0.700. The molecule has 0 heterocycles. The van der Waals surface area contributed by atoms with Gasteiger partial charge in [-0.2, -0.15) is 0 Å². The van der Waals surface area contributed by atoms with E-state index < -0.39 is 25.7 Å². The van der Waals surface area contributed by atoms with Crippen LogP contribution >= 0.6 is 7.60 Å². The van der Waals surface area contributed by atoms with Crippen LogP contribution in [0.4, 0.5) is 4.39 Å². The minimum absolute atomic E-state index is 0.187. The van der Waals surface area contributed by atoms with Gasteiger partial charge in [0.25, 0.3) is 0 Å². The van der Waals surface area contributed by atoms with Crippen molar-refractivity contribution in [3.05, 3.63) is 0 Å². The number of halogens is 1. The molecule has 4 nitrogen and oxygen atoms in total. The van der Waals surface area contributed by atoms with Crippen LogP contribution in [0, 0.1) is 0 Å². The summed E-state index contributed by atoms with van der Waals surface area (Å²) >= 11 is 0. The summed E-state index contributed by atoms with van der Waals surface area (Å²) in [5, 5.41) is 0. The standard InChI is InChI=1S/C11H22FO4P/c1-4-5-6-7-8-10(12)11(13)9-17(14,15-2)16-3/h10H,4-9H2,1-3H3. The second kappa shape index (κ2) is 8.78. The lowest BCUT2D eigenvalue weighted by Gasteiger charge is -2.14. The van der Waals surface area contributed by atoms with E-state index in [2.05, 4.69) is 16.0 Å². The second-order valence-electron chi connectivity index (χ2n) is 3.92. The highest BCUT2D eigenvalue weighted by Crippen LogP contribution is 2.46. The predicted octanol–water partition coefficient (Wildman–Crippen LogP) is 3.35. The number of unbranched alkanes of at least 4 members (excludes halogenated alkanes) is 3. The number of carbonyl (C=O) groups excluding carboxylic acids is 1. The summed E-state index contributed by atoms with van der Waals surface area (Å²) < 4.78 is 34.2. The summed E-state index contributed by atoms with van der Waals surface area (Å²) in [6.07, 6.45) is 1.82. The Morgan fingerprint density at radius 3 is 2.29 bits per heavy atom. The van der Waals surface area contributed by atoms with Gasteiger partial charge in [0.2, 0.25) is 0 Å². The molecule has 0 radical (unpaired) electrons. The van der Waals surface area contributed by atoms with Crippen LogP contribution in [-0.2, 0) is 18.4 Å². The van der Waals surface area contributed by atoms with Crippen molar-refractivity contribution in [2.75, 3.05) is 20.4 Å². The first-order valence-electron chi connectivity index (χ1n) is 5.86. The topological polar surface area (TPSA) is 52.6 Å². The monoisotopic (exact) mass is 268 g/mol. The highest BCUT2D eigenvalue weighted by atomic mass is 31.2. The van der Waals surface area contributed by atoms with Crippen molar-refractivity contribution in [2.24, 2.45) is 0 Å². The molecule has 0 bridgehead atoms. The van der Waals surface area contributed by atoms with Crippen molar-refractivity contribution < 1.29 is 22.8 Å². The lowest BCUT2D eigenvalue weighted by atomic mass is 10.1. The van der Waals surface area contributed by atoms with Gasteiger partial charge in [-0.15, -0.1) is 0 Å². The summed E-state index contributed by atoms with van der Waals surface area (Å²) in [7, 11) is -1.05. The van der Waals surface area contributed by atoms with Crippen LogP contribution in [0.3, 0.4) is 0 Å². The van der Waals surface area contributed by atoms with E-state index in [4.69, 9.17) is 0 Å². The Kier molecular flexibility index (Phi) is 8.66. The first kappa shape index (κ1) is 16.8. The molecular weight excluding hydrogens is 246 g/mol. The number of hydrogen-bond donors (Lipinski definition) is 0. The van der Waals surface area contributed by atoms with Gasteiger partial charge in [-0.1, -0.05) is 32.6 Å². The second-order valence-corrected chi connectivity index (χ2v) is 6.19. The molecule has 0 aliphatic carbocycles. The van der Waals surface area contributed by atoms with Crippen LogP contribution < -0.4 is 0 Å². The largest absolute Gasteiger partial charge is 0.337 e. The molecule has 0 aliphatic heterocycles. The molecule has 0 rings (SSSR count). The van der Waals surface area contributed by atoms with Crippen LogP contribution in [0.5, 0.6) is 0 Å². The van der Waals surface area contributed by atoms with Crippen molar-refractivity contribution in [3.8, 4) is 0 Å². The van der Waals surface area contributed by atoms with E-state index in [-0.39, 0.29) is 6.42 Å². The number of rotatable bonds is 10. The zero-order valence-corrected chi connectivity index (χ0v) is 11.7. The third-order valence-corrected chi connectivity index (χ3v) is 4.38. The van der Waals surface area contributed by atoms with Gasteiger partial charge in [-0.3, -0.25) is 9.36 Å². The van der Waals surface area contributed by atoms with Crippen molar-refractivity contribution in [2.45, 2.75) is 45.2 Å². The van der Waals surface area contributed by atoms with Crippen LogP contribution in [0.15, 0.2) is 0 Å². The van der Waals surface area contributed by atoms with Crippen molar-refractivity contribution in [1.29, 1.82) is 0 Å². The minimum Gasteiger partial charge on any atom is -0.312 e. The molecular formula is C11H22FO4P. The first-order chi connectivity index (χ1) is 7.99. The third-order valence-electron chi connectivity index (χ3n) is 2.57. The fourth-order valence-corrected chi connectivity index (χ4v) is 2.39. The molecule has 0 aromatic carbocycles. The molecule has 0 saturated carbocycles. The van der Waals surface area contributed by atoms with Gasteiger partial charge in [0.1, 0.15) is 6.16 Å². The van der Waals surface area contributed by atoms with Gasteiger partial charge >= 0.3 is 7.60 Å². The molecule has 0 aliphatic rings. The summed E-state index contributed by atoms with van der Waals surface area (Å²) in [4.78, 5) is 11.4. The Morgan fingerprint density at radius 2 is 1.82 bits per heavy atom. The zero-order chi connectivity index (χ0) is 13.3. The van der Waals surface area contributed by atoms with Crippen LogP contribution in [0.1, 0.15) is 39.0 Å². The van der Waals surface area contributed by atoms with E-state index in [1.165, 1.54) is 14.2 Å². The van der Waals surface area contributed by atoms with Gasteiger partial charge in [-0.05, 0) is 6.42 Å². The maximum atomic E-state index is 13.4. The Bertz CT molecular complexity index is 262. The van der Waals surface area contributed by atoms with Gasteiger partial charge in [0, 0.05) is 14.2 Å². The van der Waals surface area contributed by atoms with Crippen molar-refractivity contribution in [1.82, 2.24) is 0 Å². The molecule has 1 unspecified atom stereocenters. The summed E-state index contributed by atoms with van der Waals surface area (Å²) in [6, 6.07) is 0. The molecule has 17 heavy (non-hydrogen) atoms. The molecule has 0 aromatic rings. The quantitative estimate of drug-likeness (QED) is 0.450. The maximum absolute atomic E-state index is 13.4. The SMILES string of the molecule is CCCCCCC(F)C(=O)CP(=O)(OC)OC. The summed E-state index contributed by atoms with van der Waals surface area (Å²) in [5.41, 5.74) is 0. The van der Waals surface area contributed by atoms with Gasteiger partial charge in [-0.25, -0.2) is 4.39 Å². The Labute approximate surface area is 102 Å². The fourth-order valence-electron chi connectivity index (χ4n) is 1.40. The van der Waals surface area contributed by atoms with Gasteiger partial charge in [0.15, 0.2) is 12.0 Å². The van der Waals surface area contributed by atoms with Crippen LogP contribution in [-0.4, -0.2) is 32.3 Å². The van der Waals surface area contributed by atoms with Crippen molar-refractivity contribution in [3.63, 3.8) is 0 Å². The molecule has 0 spiro atoms. The molecule has 0 saturated heterocycles. The number of hydrogen-bond acceptors (Lipinski definition) is 4. The van der Waals surface area contributed by atoms with E-state index in [1.54, 1.807) is 0 Å². The van der Waals surface area contributed by atoms with Gasteiger partial charge in [0.05, 0.1) is 0 Å². The molecule has 0 aromatic heterocycles. The molecule has 6 heteroatoms. The Morgan fingerprint density at radius 1 is 1.24 bits per heavy atom. The van der Waals surface area contributed by atoms with Gasteiger partial charge < -0.3 is 9.05 Å². The maximum Gasteiger partial charge on any atom is 0.337 e.